The number of sulfonamides is 1. The highest BCUT2D eigenvalue weighted by atomic mass is 32.2. The summed E-state index contributed by atoms with van der Waals surface area (Å²) >= 11 is 0. The number of aromatic nitrogens is 1. The quantitative estimate of drug-likeness (QED) is 0.436. The van der Waals surface area contributed by atoms with Crippen molar-refractivity contribution in [2.75, 3.05) is 18.9 Å². The van der Waals surface area contributed by atoms with E-state index in [1.807, 2.05) is 50.2 Å². The van der Waals surface area contributed by atoms with E-state index in [-0.39, 0.29) is 11.5 Å². The zero-order valence-corrected chi connectivity index (χ0v) is 19.2. The fraction of sp³-hybridized carbons (Fsp3) is 0.478. The number of hydrogen-bond acceptors (Lipinski definition) is 5. The molecule has 0 spiro atoms. The molecule has 0 saturated carbocycles. The molecule has 1 aromatic carbocycles. The first kappa shape index (κ1) is 23.2. The van der Waals surface area contributed by atoms with Crippen molar-refractivity contribution in [3.05, 3.63) is 58.9 Å². The molecule has 1 aromatic heterocycles. The van der Waals surface area contributed by atoms with Crippen molar-refractivity contribution in [3.8, 4) is 0 Å². The molecule has 1 aliphatic rings. The topological polar surface area (TPSA) is 85.7 Å². The molecular weight excluding hydrogens is 416 g/mol. The van der Waals surface area contributed by atoms with E-state index in [0.717, 1.165) is 17.0 Å². The van der Waals surface area contributed by atoms with Crippen LogP contribution in [0.25, 0.3) is 0 Å². The van der Waals surface area contributed by atoms with Crippen LogP contribution >= 0.6 is 0 Å². The Morgan fingerprint density at radius 2 is 1.87 bits per heavy atom. The molecule has 1 atom stereocenters. The van der Waals surface area contributed by atoms with Gasteiger partial charge in [-0.05, 0) is 44.7 Å². The first-order chi connectivity index (χ1) is 14.7. The van der Waals surface area contributed by atoms with Gasteiger partial charge in [0.2, 0.25) is 15.8 Å². The summed E-state index contributed by atoms with van der Waals surface area (Å²) in [5.41, 5.74) is 3.41. The van der Waals surface area contributed by atoms with E-state index in [1.165, 1.54) is 4.31 Å². The predicted octanol–water partition coefficient (Wildman–Crippen LogP) is 3.08. The summed E-state index contributed by atoms with van der Waals surface area (Å²) in [6.45, 7) is 6.17. The summed E-state index contributed by atoms with van der Waals surface area (Å²) < 4.78 is 33.3. The van der Waals surface area contributed by atoms with Crippen molar-refractivity contribution < 1.29 is 22.7 Å². The number of esters is 1. The van der Waals surface area contributed by atoms with E-state index in [9.17, 15) is 18.0 Å². The molecule has 168 valence electrons. The fourth-order valence-corrected chi connectivity index (χ4v) is 5.82. The van der Waals surface area contributed by atoms with Crippen LogP contribution in [0.1, 0.15) is 53.5 Å². The number of rotatable bonds is 9. The number of ether oxygens (including phenoxy) is 1. The highest BCUT2D eigenvalue weighted by molar-refractivity contribution is 7.89. The largest absolute Gasteiger partial charge is 0.456 e. The molecule has 0 bridgehead atoms. The average Bonchev–Trinajstić information content (AvgIpc) is 3.34. The zero-order valence-electron chi connectivity index (χ0n) is 18.3. The maximum atomic E-state index is 12.8. The Morgan fingerprint density at radius 1 is 1.16 bits per heavy atom. The van der Waals surface area contributed by atoms with Crippen molar-refractivity contribution in [3.63, 3.8) is 0 Å². The van der Waals surface area contributed by atoms with E-state index >= 15 is 0 Å². The first-order valence-electron chi connectivity index (χ1n) is 10.6. The predicted molar refractivity (Wildman–Crippen MR) is 119 cm³/mol. The molecule has 2 heterocycles. The summed E-state index contributed by atoms with van der Waals surface area (Å²) in [5, 5.41) is 0. The molecule has 3 rings (SSSR count). The van der Waals surface area contributed by atoms with Gasteiger partial charge < -0.3 is 9.30 Å². The van der Waals surface area contributed by atoms with Gasteiger partial charge in [-0.3, -0.25) is 9.59 Å². The maximum Gasteiger partial charge on any atom is 0.324 e. The minimum Gasteiger partial charge on any atom is -0.456 e. The minimum absolute atomic E-state index is 0.00309. The number of carbonyl (C=O) groups excluding carboxylic acids is 2. The standard InChI is InChI=1S/C23H30N2O5S/c1-4-13-31(28,29)25-12-8-11-21(25)23(27)30-16-22(26)20-14-17(2)24(18(20)3)15-19-9-6-5-7-10-19/h5-7,9-10,14,21H,4,8,11-13,15-16H2,1-3H3. The van der Waals surface area contributed by atoms with Crippen LogP contribution in [0.5, 0.6) is 0 Å². The van der Waals surface area contributed by atoms with E-state index in [2.05, 4.69) is 4.57 Å². The second-order valence-corrected chi connectivity index (χ2v) is 10.0. The smallest absolute Gasteiger partial charge is 0.324 e. The number of ketones is 1. The van der Waals surface area contributed by atoms with Crippen molar-refractivity contribution >= 4 is 21.8 Å². The highest BCUT2D eigenvalue weighted by Crippen LogP contribution is 2.23. The Hall–Kier alpha value is -2.45. The Balaban J connectivity index is 1.66. The number of aryl methyl sites for hydroxylation is 1. The van der Waals surface area contributed by atoms with Gasteiger partial charge in [0, 0.05) is 30.0 Å². The monoisotopic (exact) mass is 446 g/mol. The van der Waals surface area contributed by atoms with Gasteiger partial charge in [0.1, 0.15) is 6.04 Å². The third kappa shape index (κ3) is 5.25. The summed E-state index contributed by atoms with van der Waals surface area (Å²) in [4.78, 5) is 25.3. The Bertz CT molecular complexity index is 1040. The molecule has 1 unspecified atom stereocenters. The summed E-state index contributed by atoms with van der Waals surface area (Å²) in [5.74, 6) is -0.936. The van der Waals surface area contributed by atoms with E-state index in [4.69, 9.17) is 4.74 Å². The summed E-state index contributed by atoms with van der Waals surface area (Å²) in [6.07, 6.45) is 1.51. The van der Waals surface area contributed by atoms with Gasteiger partial charge in [0.05, 0.1) is 5.75 Å². The lowest BCUT2D eigenvalue weighted by molar-refractivity contribution is -0.146. The van der Waals surface area contributed by atoms with Gasteiger partial charge in [-0.15, -0.1) is 0 Å². The second kappa shape index (κ2) is 9.78. The highest BCUT2D eigenvalue weighted by Gasteiger charge is 2.39. The first-order valence-corrected chi connectivity index (χ1v) is 12.3. The SMILES string of the molecule is CCCS(=O)(=O)N1CCCC1C(=O)OCC(=O)c1cc(C)n(Cc2ccccc2)c1C. The van der Waals surface area contributed by atoms with Crippen LogP contribution in [0, 0.1) is 13.8 Å². The van der Waals surface area contributed by atoms with Crippen LogP contribution in [0.4, 0.5) is 0 Å². The number of carbonyl (C=O) groups is 2. The maximum absolute atomic E-state index is 12.8. The molecule has 31 heavy (non-hydrogen) atoms. The van der Waals surface area contributed by atoms with Crippen LogP contribution in [-0.2, 0) is 26.1 Å². The second-order valence-electron chi connectivity index (χ2n) is 7.97. The molecule has 0 radical (unpaired) electrons. The minimum atomic E-state index is -3.49. The fourth-order valence-electron chi connectivity index (χ4n) is 4.09. The summed E-state index contributed by atoms with van der Waals surface area (Å²) in [7, 11) is -3.49. The Kier molecular flexibility index (Phi) is 7.33. The normalized spacial score (nSPS) is 17.1. The van der Waals surface area contributed by atoms with Gasteiger partial charge in [0.25, 0.3) is 0 Å². The van der Waals surface area contributed by atoms with E-state index in [1.54, 1.807) is 6.92 Å². The van der Waals surface area contributed by atoms with Gasteiger partial charge in [-0.25, -0.2) is 8.42 Å². The number of nitrogens with zero attached hydrogens (tertiary/aromatic N) is 2. The van der Waals surface area contributed by atoms with Crippen molar-refractivity contribution in [2.24, 2.45) is 0 Å². The average molecular weight is 447 g/mol. The van der Waals surface area contributed by atoms with Crippen molar-refractivity contribution in [1.82, 2.24) is 8.87 Å². The number of benzene rings is 1. The lowest BCUT2D eigenvalue weighted by Gasteiger charge is -2.22. The molecule has 1 saturated heterocycles. The number of hydrogen-bond donors (Lipinski definition) is 0. The van der Waals surface area contributed by atoms with Gasteiger partial charge in [-0.2, -0.15) is 4.31 Å². The van der Waals surface area contributed by atoms with Gasteiger partial charge in [0.15, 0.2) is 6.61 Å². The Labute approximate surface area is 184 Å². The van der Waals surface area contributed by atoms with E-state index < -0.39 is 28.6 Å². The lowest BCUT2D eigenvalue weighted by atomic mass is 10.1. The molecule has 1 fully saturated rings. The van der Waals surface area contributed by atoms with Crippen molar-refractivity contribution in [1.29, 1.82) is 0 Å². The van der Waals surface area contributed by atoms with Crippen LogP contribution in [0.2, 0.25) is 0 Å². The molecule has 8 heteroatoms. The summed E-state index contributed by atoms with van der Waals surface area (Å²) in [6, 6.07) is 10.9. The molecule has 7 nitrogen and oxygen atoms in total. The molecule has 0 N–H and O–H groups in total. The molecule has 2 aromatic rings. The van der Waals surface area contributed by atoms with Crippen LogP contribution in [-0.4, -0.2) is 54.0 Å². The zero-order chi connectivity index (χ0) is 22.6. The van der Waals surface area contributed by atoms with Crippen LogP contribution < -0.4 is 0 Å². The van der Waals surface area contributed by atoms with Crippen LogP contribution in [0.3, 0.4) is 0 Å². The molecule has 0 amide bonds. The van der Waals surface area contributed by atoms with Gasteiger partial charge in [-0.1, -0.05) is 37.3 Å². The number of Topliss-reactive ketones (excluding diaryl/α,β-unsaturated/α-hetero) is 1. The third-order valence-corrected chi connectivity index (χ3v) is 7.77. The third-order valence-electron chi connectivity index (χ3n) is 5.70. The molecule has 1 aliphatic heterocycles. The van der Waals surface area contributed by atoms with Gasteiger partial charge >= 0.3 is 5.97 Å². The molecular formula is C23H30N2O5S. The Morgan fingerprint density at radius 3 is 2.55 bits per heavy atom. The molecule has 0 aliphatic carbocycles. The van der Waals surface area contributed by atoms with E-state index in [0.29, 0.717) is 37.9 Å². The van der Waals surface area contributed by atoms with Crippen LogP contribution in [0.15, 0.2) is 36.4 Å². The lowest BCUT2D eigenvalue weighted by Crippen LogP contribution is -2.42. The van der Waals surface area contributed by atoms with Crippen molar-refractivity contribution in [2.45, 2.75) is 52.6 Å².